The van der Waals surface area contributed by atoms with Crippen LogP contribution in [0.25, 0.3) is 0 Å². The molecule has 1 aromatic rings. The average molecular weight is 362 g/mol. The summed E-state index contributed by atoms with van der Waals surface area (Å²) >= 11 is 0. The van der Waals surface area contributed by atoms with Gasteiger partial charge in [0, 0.05) is 12.1 Å². The largest absolute Gasteiger partial charge is 0.449 e. The van der Waals surface area contributed by atoms with Gasteiger partial charge < -0.3 is 10.1 Å². The number of nitro benzene ring substituents is 1. The van der Waals surface area contributed by atoms with Crippen LogP contribution in [0.3, 0.4) is 0 Å². The number of ether oxygens (including phenoxy) is 1. The van der Waals surface area contributed by atoms with Gasteiger partial charge in [-0.1, -0.05) is 38.8 Å². The summed E-state index contributed by atoms with van der Waals surface area (Å²) in [6, 6.07) is 4.41. The second kappa shape index (κ2) is 8.29. The van der Waals surface area contributed by atoms with Crippen molar-refractivity contribution in [2.24, 2.45) is 11.8 Å². The molecule has 142 valence electrons. The van der Waals surface area contributed by atoms with Crippen LogP contribution in [0.5, 0.6) is 0 Å². The lowest BCUT2D eigenvalue weighted by atomic mass is 9.78. The van der Waals surface area contributed by atoms with Crippen LogP contribution < -0.4 is 5.32 Å². The molecule has 4 atom stereocenters. The van der Waals surface area contributed by atoms with E-state index in [9.17, 15) is 19.7 Å². The summed E-state index contributed by atoms with van der Waals surface area (Å²) < 4.78 is 5.22. The average Bonchev–Trinajstić information content (AvgIpc) is 2.58. The molecule has 1 aliphatic rings. The number of hydrogen-bond donors (Lipinski definition) is 1. The number of benzene rings is 1. The van der Waals surface area contributed by atoms with E-state index in [1.165, 1.54) is 19.1 Å². The van der Waals surface area contributed by atoms with Gasteiger partial charge in [-0.3, -0.25) is 14.9 Å². The predicted molar refractivity (Wildman–Crippen MR) is 96.8 cm³/mol. The Kier molecular flexibility index (Phi) is 6.34. The molecule has 0 heterocycles. The molecule has 1 N–H and O–H groups in total. The summed E-state index contributed by atoms with van der Waals surface area (Å²) in [6.45, 7) is 7.36. The highest BCUT2D eigenvalue weighted by Crippen LogP contribution is 2.29. The zero-order chi connectivity index (χ0) is 19.4. The van der Waals surface area contributed by atoms with Gasteiger partial charge in [-0.15, -0.1) is 0 Å². The molecule has 2 rings (SSSR count). The highest BCUT2D eigenvalue weighted by molar-refractivity contribution is 5.97. The highest BCUT2D eigenvalue weighted by Gasteiger charge is 2.31. The molecular formula is C19H26N2O5. The Morgan fingerprint density at radius 3 is 2.65 bits per heavy atom. The lowest BCUT2D eigenvalue weighted by molar-refractivity contribution is -0.385. The van der Waals surface area contributed by atoms with Gasteiger partial charge in [0.25, 0.3) is 11.6 Å². The van der Waals surface area contributed by atoms with Crippen LogP contribution in [-0.4, -0.2) is 28.9 Å². The summed E-state index contributed by atoms with van der Waals surface area (Å²) in [4.78, 5) is 35.3. The van der Waals surface area contributed by atoms with E-state index in [0.29, 0.717) is 17.4 Å². The Morgan fingerprint density at radius 2 is 2.00 bits per heavy atom. The van der Waals surface area contributed by atoms with Crippen molar-refractivity contribution >= 4 is 17.6 Å². The molecule has 1 fully saturated rings. The summed E-state index contributed by atoms with van der Waals surface area (Å²) in [7, 11) is 0. The summed E-state index contributed by atoms with van der Waals surface area (Å²) in [5.74, 6) is -0.349. The number of carbonyl (C=O) groups is 2. The zero-order valence-corrected chi connectivity index (χ0v) is 15.7. The quantitative estimate of drug-likeness (QED) is 0.492. The number of nitrogens with zero attached hydrogens (tertiary/aromatic N) is 1. The van der Waals surface area contributed by atoms with Crippen LogP contribution in [0, 0.1) is 28.9 Å². The maximum absolute atomic E-state index is 12.4. The molecule has 1 aliphatic carbocycles. The van der Waals surface area contributed by atoms with Gasteiger partial charge in [-0.05, 0) is 37.7 Å². The zero-order valence-electron chi connectivity index (χ0n) is 15.7. The number of nitrogens with one attached hydrogen (secondary N) is 1. The van der Waals surface area contributed by atoms with Crippen molar-refractivity contribution in [3.05, 3.63) is 39.4 Å². The molecule has 0 aromatic heterocycles. The molecular weight excluding hydrogens is 336 g/mol. The molecule has 0 bridgehead atoms. The van der Waals surface area contributed by atoms with Crippen molar-refractivity contribution in [1.82, 2.24) is 5.32 Å². The number of nitro groups is 1. The van der Waals surface area contributed by atoms with Crippen LogP contribution in [0.2, 0.25) is 0 Å². The van der Waals surface area contributed by atoms with E-state index in [0.717, 1.165) is 19.3 Å². The first-order chi connectivity index (χ1) is 12.2. The SMILES string of the molecule is Cc1cccc([N+](=O)[O-])c1C(=O)O[C@H](C)C(=O)N[C@@H]1CCC[C@@H](C)[C@@H]1C. The molecule has 7 heteroatoms. The summed E-state index contributed by atoms with van der Waals surface area (Å²) in [6.07, 6.45) is 2.09. The van der Waals surface area contributed by atoms with E-state index < -0.39 is 17.0 Å². The molecule has 26 heavy (non-hydrogen) atoms. The van der Waals surface area contributed by atoms with Crippen molar-refractivity contribution in [3.8, 4) is 0 Å². The van der Waals surface area contributed by atoms with Gasteiger partial charge in [-0.25, -0.2) is 4.79 Å². The lowest BCUT2D eigenvalue weighted by Crippen LogP contribution is -2.47. The van der Waals surface area contributed by atoms with Gasteiger partial charge in [0.2, 0.25) is 0 Å². The molecule has 7 nitrogen and oxygen atoms in total. The first-order valence-corrected chi connectivity index (χ1v) is 8.97. The van der Waals surface area contributed by atoms with Crippen LogP contribution in [-0.2, 0) is 9.53 Å². The fourth-order valence-electron chi connectivity index (χ4n) is 3.43. The molecule has 1 aromatic carbocycles. The Balaban J connectivity index is 2.05. The maximum atomic E-state index is 12.4. The Labute approximate surface area is 153 Å². The second-order valence-corrected chi connectivity index (χ2v) is 7.16. The number of hydrogen-bond acceptors (Lipinski definition) is 5. The normalized spacial score (nSPS) is 23.8. The smallest absolute Gasteiger partial charge is 0.346 e. The number of esters is 1. The number of amides is 1. The standard InChI is InChI=1S/C19H26N2O5/c1-11-7-5-9-15(13(11)3)20-18(22)14(4)26-19(23)17-12(2)8-6-10-16(17)21(24)25/h6,8,10-11,13-15H,5,7,9H2,1-4H3,(H,20,22)/t11-,13+,14-,15-/m1/s1. The minimum absolute atomic E-state index is 0.0557. The third kappa shape index (κ3) is 4.39. The van der Waals surface area contributed by atoms with Crippen molar-refractivity contribution in [2.45, 2.75) is 59.1 Å². The van der Waals surface area contributed by atoms with E-state index in [-0.39, 0.29) is 23.2 Å². The predicted octanol–water partition coefficient (Wildman–Crippen LogP) is 3.39. The van der Waals surface area contributed by atoms with Crippen molar-refractivity contribution in [3.63, 3.8) is 0 Å². The Bertz CT molecular complexity index is 703. The first-order valence-electron chi connectivity index (χ1n) is 8.97. The van der Waals surface area contributed by atoms with Gasteiger partial charge in [0.1, 0.15) is 5.56 Å². The Hall–Kier alpha value is -2.44. The van der Waals surface area contributed by atoms with E-state index in [2.05, 4.69) is 19.2 Å². The number of carbonyl (C=O) groups excluding carboxylic acids is 2. The van der Waals surface area contributed by atoms with Gasteiger partial charge >= 0.3 is 5.97 Å². The van der Waals surface area contributed by atoms with Crippen molar-refractivity contribution < 1.29 is 19.2 Å². The van der Waals surface area contributed by atoms with Crippen LogP contribution in [0.4, 0.5) is 5.69 Å². The van der Waals surface area contributed by atoms with E-state index in [4.69, 9.17) is 4.74 Å². The Morgan fingerprint density at radius 1 is 1.31 bits per heavy atom. The highest BCUT2D eigenvalue weighted by atomic mass is 16.6. The number of aryl methyl sites for hydroxylation is 1. The minimum atomic E-state index is -1.02. The molecule has 0 unspecified atom stereocenters. The van der Waals surface area contributed by atoms with Crippen molar-refractivity contribution in [2.75, 3.05) is 0 Å². The fourth-order valence-corrected chi connectivity index (χ4v) is 3.43. The number of rotatable bonds is 5. The third-order valence-electron chi connectivity index (χ3n) is 5.34. The first kappa shape index (κ1) is 19.9. The molecule has 1 saturated carbocycles. The van der Waals surface area contributed by atoms with Crippen LogP contribution >= 0.6 is 0 Å². The monoisotopic (exact) mass is 362 g/mol. The summed E-state index contributed by atoms with van der Waals surface area (Å²) in [5.41, 5.74) is 0.000628. The fraction of sp³-hybridized carbons (Fsp3) is 0.579. The van der Waals surface area contributed by atoms with Crippen LogP contribution in [0.15, 0.2) is 18.2 Å². The molecule has 0 aliphatic heterocycles. The van der Waals surface area contributed by atoms with E-state index >= 15 is 0 Å². The molecule has 0 radical (unpaired) electrons. The topological polar surface area (TPSA) is 98.5 Å². The lowest BCUT2D eigenvalue weighted by Gasteiger charge is -2.35. The van der Waals surface area contributed by atoms with Crippen LogP contribution in [0.1, 0.15) is 56.0 Å². The van der Waals surface area contributed by atoms with E-state index in [1.807, 2.05) is 0 Å². The van der Waals surface area contributed by atoms with Gasteiger partial charge in [0.15, 0.2) is 6.10 Å². The second-order valence-electron chi connectivity index (χ2n) is 7.16. The van der Waals surface area contributed by atoms with Crippen molar-refractivity contribution in [1.29, 1.82) is 0 Å². The third-order valence-corrected chi connectivity index (χ3v) is 5.34. The van der Waals surface area contributed by atoms with Gasteiger partial charge in [-0.2, -0.15) is 0 Å². The molecule has 1 amide bonds. The molecule has 0 spiro atoms. The maximum Gasteiger partial charge on any atom is 0.346 e. The van der Waals surface area contributed by atoms with Gasteiger partial charge in [0.05, 0.1) is 4.92 Å². The summed E-state index contributed by atoms with van der Waals surface area (Å²) in [5, 5.41) is 14.1. The molecule has 0 saturated heterocycles. The van der Waals surface area contributed by atoms with E-state index in [1.54, 1.807) is 13.0 Å². The minimum Gasteiger partial charge on any atom is -0.449 e.